The number of halogens is 3. The number of carbonyl (C=O) groups is 1. The van der Waals surface area contributed by atoms with Gasteiger partial charge in [-0.3, -0.25) is 0 Å². The number of hydrogen-bond acceptors (Lipinski definition) is 4. The highest BCUT2D eigenvalue weighted by Gasteiger charge is 2.33. The van der Waals surface area contributed by atoms with Crippen LogP contribution in [-0.4, -0.2) is 23.2 Å². The van der Waals surface area contributed by atoms with E-state index < -0.39 is 23.6 Å². The highest BCUT2D eigenvalue weighted by molar-refractivity contribution is 7.09. The second-order valence-corrected chi connectivity index (χ2v) is 5.75. The Bertz CT molecular complexity index is 438. The molecule has 0 aromatic carbocycles. The zero-order chi connectivity index (χ0) is 14.7. The second kappa shape index (κ2) is 5.77. The van der Waals surface area contributed by atoms with Crippen molar-refractivity contribution in [2.24, 2.45) is 0 Å². The van der Waals surface area contributed by atoms with Crippen LogP contribution >= 0.6 is 11.3 Å². The number of nitrogens with zero attached hydrogens (tertiary/aromatic N) is 1. The third-order valence-corrected chi connectivity index (χ3v) is 2.76. The van der Waals surface area contributed by atoms with E-state index in [1.807, 2.05) is 0 Å². The fourth-order valence-corrected chi connectivity index (χ4v) is 1.95. The zero-order valence-electron chi connectivity index (χ0n) is 10.8. The van der Waals surface area contributed by atoms with Gasteiger partial charge in [-0.25, -0.2) is 9.78 Å². The third-order valence-electron chi connectivity index (χ3n) is 1.85. The molecule has 0 saturated heterocycles. The molecule has 1 aromatic heterocycles. The van der Waals surface area contributed by atoms with Gasteiger partial charge in [-0.2, -0.15) is 13.2 Å². The molecule has 4 nitrogen and oxygen atoms in total. The lowest BCUT2D eigenvalue weighted by molar-refractivity contribution is -0.140. The average molecular weight is 296 g/mol. The van der Waals surface area contributed by atoms with Crippen LogP contribution in [0.3, 0.4) is 0 Å². The molecule has 8 heteroatoms. The first kappa shape index (κ1) is 15.7. The number of aromatic nitrogens is 1. The number of amides is 1. The summed E-state index contributed by atoms with van der Waals surface area (Å²) in [5.74, 6) is 0. The number of alkyl halides is 3. The number of ether oxygens (including phenoxy) is 1. The molecule has 0 atom stereocenters. The summed E-state index contributed by atoms with van der Waals surface area (Å²) in [7, 11) is 0. The molecule has 0 bridgehead atoms. The number of nitrogens with one attached hydrogen (secondary N) is 1. The maximum Gasteiger partial charge on any atom is 0.434 e. The van der Waals surface area contributed by atoms with Gasteiger partial charge in [0.25, 0.3) is 0 Å². The predicted octanol–water partition coefficient (Wildman–Crippen LogP) is 3.23. The lowest BCUT2D eigenvalue weighted by Gasteiger charge is -2.19. The molecule has 1 heterocycles. The van der Waals surface area contributed by atoms with Gasteiger partial charge in [0.05, 0.1) is 5.01 Å². The Morgan fingerprint density at radius 2 is 2.05 bits per heavy atom. The maximum absolute atomic E-state index is 12.3. The molecule has 108 valence electrons. The zero-order valence-corrected chi connectivity index (χ0v) is 11.6. The molecule has 0 spiro atoms. The Labute approximate surface area is 113 Å². The van der Waals surface area contributed by atoms with E-state index in [0.29, 0.717) is 5.01 Å². The summed E-state index contributed by atoms with van der Waals surface area (Å²) in [4.78, 5) is 14.7. The molecular weight excluding hydrogens is 281 g/mol. The van der Waals surface area contributed by atoms with E-state index in [2.05, 4.69) is 10.3 Å². The SMILES string of the molecule is CC(C)(C)OC(=O)NCCc1nc(C(F)(F)F)cs1. The molecule has 1 rings (SSSR count). The topological polar surface area (TPSA) is 51.2 Å². The lowest BCUT2D eigenvalue weighted by atomic mass is 10.2. The lowest BCUT2D eigenvalue weighted by Crippen LogP contribution is -2.33. The number of thiazole rings is 1. The molecule has 1 aromatic rings. The van der Waals surface area contributed by atoms with Gasteiger partial charge < -0.3 is 10.1 Å². The van der Waals surface area contributed by atoms with Crippen molar-refractivity contribution in [2.45, 2.75) is 39.0 Å². The highest BCUT2D eigenvalue weighted by atomic mass is 32.1. The Morgan fingerprint density at radius 3 is 2.53 bits per heavy atom. The van der Waals surface area contributed by atoms with Gasteiger partial charge >= 0.3 is 12.3 Å². The summed E-state index contributed by atoms with van der Waals surface area (Å²) in [6.07, 6.45) is -4.78. The molecule has 0 fully saturated rings. The van der Waals surface area contributed by atoms with E-state index in [4.69, 9.17) is 4.74 Å². The van der Waals surface area contributed by atoms with Crippen molar-refractivity contribution in [3.63, 3.8) is 0 Å². The van der Waals surface area contributed by atoms with E-state index in [9.17, 15) is 18.0 Å². The number of alkyl carbamates (subject to hydrolysis) is 1. The third kappa shape index (κ3) is 5.91. The Balaban J connectivity index is 2.38. The average Bonchev–Trinajstić information content (AvgIpc) is 2.62. The molecule has 0 radical (unpaired) electrons. The predicted molar refractivity (Wildman–Crippen MR) is 65.1 cm³/mol. The van der Waals surface area contributed by atoms with Gasteiger partial charge in [0, 0.05) is 18.3 Å². The van der Waals surface area contributed by atoms with Crippen molar-refractivity contribution in [2.75, 3.05) is 6.54 Å². The van der Waals surface area contributed by atoms with Crippen molar-refractivity contribution in [1.29, 1.82) is 0 Å². The largest absolute Gasteiger partial charge is 0.444 e. The normalized spacial score (nSPS) is 12.3. The first-order valence-electron chi connectivity index (χ1n) is 5.56. The van der Waals surface area contributed by atoms with Crippen LogP contribution < -0.4 is 5.32 Å². The minimum atomic E-state index is -4.42. The molecule has 0 aliphatic heterocycles. The molecule has 0 unspecified atom stereocenters. The molecule has 0 aliphatic carbocycles. The molecule has 0 saturated carbocycles. The van der Waals surface area contributed by atoms with Crippen molar-refractivity contribution >= 4 is 17.4 Å². The van der Waals surface area contributed by atoms with Crippen molar-refractivity contribution in [1.82, 2.24) is 10.3 Å². The summed E-state index contributed by atoms with van der Waals surface area (Å²) in [5.41, 5.74) is -1.50. The fraction of sp³-hybridized carbons (Fsp3) is 0.636. The first-order valence-corrected chi connectivity index (χ1v) is 6.44. The summed E-state index contributed by atoms with van der Waals surface area (Å²) in [6, 6.07) is 0. The van der Waals surface area contributed by atoms with Gasteiger partial charge in [0.2, 0.25) is 0 Å². The minimum absolute atomic E-state index is 0.180. The van der Waals surface area contributed by atoms with Crippen LogP contribution in [0.25, 0.3) is 0 Å². The second-order valence-electron chi connectivity index (χ2n) is 4.80. The van der Waals surface area contributed by atoms with Crippen LogP contribution in [0.4, 0.5) is 18.0 Å². The van der Waals surface area contributed by atoms with Crippen LogP contribution in [-0.2, 0) is 17.3 Å². The summed E-state index contributed by atoms with van der Waals surface area (Å²) >= 11 is 0.918. The Morgan fingerprint density at radius 1 is 1.42 bits per heavy atom. The van der Waals surface area contributed by atoms with Crippen molar-refractivity contribution < 1.29 is 22.7 Å². The Kier molecular flexibility index (Phi) is 4.78. The molecule has 1 N–H and O–H groups in total. The van der Waals surface area contributed by atoms with Gasteiger partial charge in [-0.15, -0.1) is 11.3 Å². The van der Waals surface area contributed by atoms with Crippen LogP contribution in [0.15, 0.2) is 5.38 Å². The summed E-state index contributed by atoms with van der Waals surface area (Å²) in [5, 5.41) is 3.74. The Hall–Kier alpha value is -1.31. The van der Waals surface area contributed by atoms with Crippen LogP contribution in [0.1, 0.15) is 31.5 Å². The minimum Gasteiger partial charge on any atom is -0.444 e. The van der Waals surface area contributed by atoms with E-state index in [0.717, 1.165) is 16.7 Å². The van der Waals surface area contributed by atoms with E-state index >= 15 is 0 Å². The summed E-state index contributed by atoms with van der Waals surface area (Å²) in [6.45, 7) is 5.36. The highest BCUT2D eigenvalue weighted by Crippen LogP contribution is 2.29. The number of hydrogen-bond donors (Lipinski definition) is 1. The van der Waals surface area contributed by atoms with Gasteiger partial charge in [0.1, 0.15) is 5.60 Å². The fourth-order valence-electron chi connectivity index (χ4n) is 1.14. The van der Waals surface area contributed by atoms with E-state index in [1.54, 1.807) is 20.8 Å². The van der Waals surface area contributed by atoms with Crippen LogP contribution in [0, 0.1) is 0 Å². The van der Waals surface area contributed by atoms with Crippen molar-refractivity contribution in [3.05, 3.63) is 16.1 Å². The molecule has 1 amide bonds. The van der Waals surface area contributed by atoms with Gasteiger partial charge in [0.15, 0.2) is 5.69 Å². The van der Waals surface area contributed by atoms with Crippen LogP contribution in [0.2, 0.25) is 0 Å². The first-order chi connectivity index (χ1) is 8.58. The maximum atomic E-state index is 12.3. The quantitative estimate of drug-likeness (QED) is 0.931. The van der Waals surface area contributed by atoms with Gasteiger partial charge in [-0.05, 0) is 20.8 Å². The van der Waals surface area contributed by atoms with E-state index in [1.165, 1.54) is 0 Å². The standard InChI is InChI=1S/C11H15F3N2O2S/c1-10(2,3)18-9(17)15-5-4-8-16-7(6-19-8)11(12,13)14/h6H,4-5H2,1-3H3,(H,15,17). The molecular formula is C11H15F3N2O2S. The number of carbonyl (C=O) groups excluding carboxylic acids is 1. The molecule has 0 aliphatic rings. The van der Waals surface area contributed by atoms with Gasteiger partial charge in [-0.1, -0.05) is 0 Å². The van der Waals surface area contributed by atoms with E-state index in [-0.39, 0.29) is 13.0 Å². The molecule has 19 heavy (non-hydrogen) atoms. The van der Waals surface area contributed by atoms with Crippen molar-refractivity contribution in [3.8, 4) is 0 Å². The number of rotatable bonds is 3. The smallest absolute Gasteiger partial charge is 0.434 e. The van der Waals surface area contributed by atoms with Crippen LogP contribution in [0.5, 0.6) is 0 Å². The monoisotopic (exact) mass is 296 g/mol. The summed E-state index contributed by atoms with van der Waals surface area (Å²) < 4.78 is 41.9.